The highest BCUT2D eigenvalue weighted by Gasteiger charge is 2.17. The zero-order valence-corrected chi connectivity index (χ0v) is 27.4. The van der Waals surface area contributed by atoms with Crippen LogP contribution in [-0.2, 0) is 0 Å². The van der Waals surface area contributed by atoms with E-state index >= 15 is 0 Å². The number of nitrogens with zero attached hydrogens (tertiary/aromatic N) is 1. The summed E-state index contributed by atoms with van der Waals surface area (Å²) >= 11 is 0. The summed E-state index contributed by atoms with van der Waals surface area (Å²) in [6, 6.07) is 40.8. The van der Waals surface area contributed by atoms with Crippen LogP contribution in [0.2, 0.25) is 0 Å². The van der Waals surface area contributed by atoms with Crippen LogP contribution in [0, 0.1) is 0 Å². The van der Waals surface area contributed by atoms with E-state index in [9.17, 15) is 0 Å². The van der Waals surface area contributed by atoms with Crippen molar-refractivity contribution in [3.05, 3.63) is 168 Å². The van der Waals surface area contributed by atoms with Gasteiger partial charge in [0.05, 0.1) is 0 Å². The minimum Gasteiger partial charge on any atom is -0.384 e. The van der Waals surface area contributed by atoms with Gasteiger partial charge in [-0.15, -0.1) is 0 Å². The van der Waals surface area contributed by atoms with E-state index in [-0.39, 0.29) is 0 Å². The first-order valence-electron chi connectivity index (χ1n) is 16.9. The second kappa shape index (κ2) is 12.8. The number of hydrogen-bond donors (Lipinski definition) is 1. The van der Waals surface area contributed by atoms with Crippen LogP contribution in [-0.4, -0.2) is 19.3 Å². The molecule has 232 valence electrons. The molecule has 6 aromatic rings. The molecule has 1 aliphatic heterocycles. The molecule has 0 saturated heterocycles. The van der Waals surface area contributed by atoms with Crippen LogP contribution in [0.25, 0.3) is 66.2 Å². The lowest BCUT2D eigenvalue weighted by molar-refractivity contribution is 0.764. The number of nitrogens with one attached hydrogen (secondary N) is 1. The fourth-order valence-corrected chi connectivity index (χ4v) is 7.28. The third-order valence-electron chi connectivity index (χ3n) is 9.65. The van der Waals surface area contributed by atoms with Crippen LogP contribution in [0.4, 0.5) is 0 Å². The summed E-state index contributed by atoms with van der Waals surface area (Å²) in [5, 5.41) is 11.3. The van der Waals surface area contributed by atoms with E-state index in [1.165, 1.54) is 76.9 Å². The second-order valence-corrected chi connectivity index (χ2v) is 12.8. The molecule has 0 radical (unpaired) electrons. The van der Waals surface area contributed by atoms with Crippen molar-refractivity contribution in [2.24, 2.45) is 4.99 Å². The van der Waals surface area contributed by atoms with E-state index < -0.39 is 0 Å². The minimum atomic E-state index is 0.332. The maximum atomic E-state index is 4.15. The van der Waals surface area contributed by atoms with Crippen molar-refractivity contribution in [2.75, 3.05) is 7.05 Å². The molecule has 0 spiro atoms. The molecule has 6 aromatic carbocycles. The van der Waals surface area contributed by atoms with Gasteiger partial charge >= 0.3 is 0 Å². The number of benzene rings is 6. The first-order valence-corrected chi connectivity index (χ1v) is 16.9. The van der Waals surface area contributed by atoms with Crippen molar-refractivity contribution in [2.45, 2.75) is 25.8 Å². The fraction of sp³-hybridized carbons (Fsp3) is 0.109. The molecule has 1 aliphatic carbocycles. The summed E-state index contributed by atoms with van der Waals surface area (Å²) in [6.07, 6.45) is 19.4. The molecule has 1 unspecified atom stereocenters. The molecular weight excluding hydrogens is 581 g/mol. The molecule has 0 fully saturated rings. The lowest BCUT2D eigenvalue weighted by Crippen LogP contribution is -2.20. The van der Waals surface area contributed by atoms with Gasteiger partial charge in [-0.1, -0.05) is 115 Å². The molecule has 2 heteroatoms. The number of rotatable bonds is 6. The molecule has 0 aromatic heterocycles. The van der Waals surface area contributed by atoms with Crippen LogP contribution in [0.3, 0.4) is 0 Å². The highest BCUT2D eigenvalue weighted by Crippen LogP contribution is 2.40. The lowest BCUT2D eigenvalue weighted by Gasteiger charge is -2.20. The standard InChI is InChI=1S/C46H38N2/c1-31-20-21-36(30-48-31)37-25-32(11-10-24-47-2)26-38(28-37)40-15-4-3-14-39(40)35-13-9-12-33(27-35)34-22-23-45-43-18-6-5-16-41(43)42-17-7-8-19-44(42)46(45)29-34/h3-8,10-12,14-31,48H,9,13H2,1-2H3/b11-10+,47-24+. The summed E-state index contributed by atoms with van der Waals surface area (Å²) in [5.74, 6) is 0. The molecule has 2 nitrogen and oxygen atoms in total. The van der Waals surface area contributed by atoms with Crippen molar-refractivity contribution in [1.82, 2.24) is 5.32 Å². The Bertz CT molecular complexity index is 2360. The summed E-state index contributed by atoms with van der Waals surface area (Å²) in [5.41, 5.74) is 11.2. The number of hydrogen-bond acceptors (Lipinski definition) is 2. The summed E-state index contributed by atoms with van der Waals surface area (Å²) in [7, 11) is 1.80. The monoisotopic (exact) mass is 618 g/mol. The predicted octanol–water partition coefficient (Wildman–Crippen LogP) is 11.7. The second-order valence-electron chi connectivity index (χ2n) is 12.8. The van der Waals surface area contributed by atoms with Crippen molar-refractivity contribution in [3.8, 4) is 11.1 Å². The van der Waals surface area contributed by atoms with Crippen LogP contribution in [0.5, 0.6) is 0 Å². The molecule has 1 atom stereocenters. The van der Waals surface area contributed by atoms with Crippen molar-refractivity contribution < 1.29 is 0 Å². The van der Waals surface area contributed by atoms with E-state index in [0.29, 0.717) is 6.04 Å². The predicted molar refractivity (Wildman–Crippen MR) is 209 cm³/mol. The summed E-state index contributed by atoms with van der Waals surface area (Å²) < 4.78 is 0. The van der Waals surface area contributed by atoms with Gasteiger partial charge in [0.25, 0.3) is 0 Å². The molecule has 1 N–H and O–H groups in total. The quantitative estimate of drug-likeness (QED) is 0.146. The van der Waals surface area contributed by atoms with Gasteiger partial charge in [0.2, 0.25) is 0 Å². The first-order chi connectivity index (χ1) is 23.7. The van der Waals surface area contributed by atoms with Gasteiger partial charge in [0.1, 0.15) is 0 Å². The average Bonchev–Trinajstić information content (AvgIpc) is 3.15. The van der Waals surface area contributed by atoms with Gasteiger partial charge in [-0.3, -0.25) is 4.99 Å². The summed E-state index contributed by atoms with van der Waals surface area (Å²) in [4.78, 5) is 4.15. The van der Waals surface area contributed by atoms with Crippen molar-refractivity contribution in [3.63, 3.8) is 0 Å². The molecular formula is C46H38N2. The third-order valence-corrected chi connectivity index (χ3v) is 9.65. The maximum Gasteiger partial charge on any atom is 0.0414 e. The number of aliphatic imine (C=N–C) groups is 1. The van der Waals surface area contributed by atoms with E-state index in [1.54, 1.807) is 7.05 Å². The van der Waals surface area contributed by atoms with Crippen molar-refractivity contribution in [1.29, 1.82) is 0 Å². The molecule has 0 bridgehead atoms. The Hall–Kier alpha value is -5.73. The Kier molecular flexibility index (Phi) is 7.92. The third kappa shape index (κ3) is 5.60. The molecule has 0 amide bonds. The zero-order chi connectivity index (χ0) is 32.5. The highest BCUT2D eigenvalue weighted by molar-refractivity contribution is 6.25. The fourth-order valence-electron chi connectivity index (χ4n) is 7.28. The first kappa shape index (κ1) is 29.7. The lowest BCUT2D eigenvalue weighted by atomic mass is 9.85. The largest absolute Gasteiger partial charge is 0.384 e. The maximum absolute atomic E-state index is 4.15. The van der Waals surface area contributed by atoms with Gasteiger partial charge in [0, 0.05) is 25.5 Å². The Morgan fingerprint density at radius 2 is 1.33 bits per heavy atom. The van der Waals surface area contributed by atoms with E-state index in [4.69, 9.17) is 0 Å². The zero-order valence-electron chi connectivity index (χ0n) is 27.4. The van der Waals surface area contributed by atoms with Gasteiger partial charge in [-0.2, -0.15) is 0 Å². The van der Waals surface area contributed by atoms with Gasteiger partial charge in [-0.25, -0.2) is 0 Å². The molecule has 8 rings (SSSR count). The molecule has 0 saturated carbocycles. The van der Waals surface area contributed by atoms with Gasteiger partial charge in [-0.05, 0) is 133 Å². The molecule has 48 heavy (non-hydrogen) atoms. The Morgan fingerprint density at radius 3 is 2.04 bits per heavy atom. The topological polar surface area (TPSA) is 24.4 Å². The van der Waals surface area contributed by atoms with Crippen LogP contribution >= 0.6 is 0 Å². The van der Waals surface area contributed by atoms with E-state index in [0.717, 1.165) is 18.4 Å². The Labute approximate surface area is 282 Å². The molecule has 2 aliphatic rings. The number of dihydropyridines is 1. The molecule has 1 heterocycles. The average molecular weight is 619 g/mol. The van der Waals surface area contributed by atoms with Gasteiger partial charge in [0.15, 0.2) is 0 Å². The van der Waals surface area contributed by atoms with Crippen LogP contribution in [0.1, 0.15) is 42.0 Å². The Morgan fingerprint density at radius 1 is 0.667 bits per heavy atom. The van der Waals surface area contributed by atoms with E-state index in [2.05, 4.69) is 163 Å². The minimum absolute atomic E-state index is 0.332. The van der Waals surface area contributed by atoms with Crippen LogP contribution < -0.4 is 5.32 Å². The smallest absolute Gasteiger partial charge is 0.0414 e. The Balaban J connectivity index is 1.22. The normalized spacial score (nSPS) is 16.5. The highest BCUT2D eigenvalue weighted by atomic mass is 14.9. The number of allylic oxidation sites excluding steroid dienone is 7. The van der Waals surface area contributed by atoms with Gasteiger partial charge < -0.3 is 5.32 Å². The SMILES string of the molecule is C/N=C/C=C/c1cc(C2=CNC(C)C=C2)cc(-c2ccccc2C2=CC(c3ccc4c5ccccc5c5ccccc5c4c3)=CCC2)c1. The number of fused-ring (bicyclic) bond motifs is 6. The summed E-state index contributed by atoms with van der Waals surface area (Å²) in [6.45, 7) is 2.16. The van der Waals surface area contributed by atoms with Crippen molar-refractivity contribution >= 4 is 61.3 Å². The van der Waals surface area contributed by atoms with E-state index in [1.807, 2.05) is 12.3 Å². The van der Waals surface area contributed by atoms with Crippen LogP contribution in [0.15, 0.2) is 151 Å².